The highest BCUT2D eigenvalue weighted by Crippen LogP contribution is 2.31. The van der Waals surface area contributed by atoms with Crippen molar-refractivity contribution in [3.05, 3.63) is 65.2 Å². The molecule has 2 aromatic rings. The van der Waals surface area contributed by atoms with Crippen molar-refractivity contribution in [2.24, 2.45) is 0 Å². The van der Waals surface area contributed by atoms with E-state index in [9.17, 15) is 10.2 Å². The van der Waals surface area contributed by atoms with Crippen LogP contribution in [0.2, 0.25) is 0 Å². The fourth-order valence-corrected chi connectivity index (χ4v) is 1.72. The van der Waals surface area contributed by atoms with Crippen molar-refractivity contribution in [1.82, 2.24) is 0 Å². The van der Waals surface area contributed by atoms with Gasteiger partial charge in [-0.1, -0.05) is 48.5 Å². The number of aryl methyl sites for hydroxylation is 1. The molecule has 0 aliphatic carbocycles. The quantitative estimate of drug-likeness (QED) is 0.807. The molecule has 0 amide bonds. The molecule has 2 heteroatoms. The summed E-state index contributed by atoms with van der Waals surface area (Å²) in [5, 5.41) is 20.0. The maximum absolute atomic E-state index is 10.1. The average molecular weight is 214 g/mol. The van der Waals surface area contributed by atoms with Gasteiger partial charge in [0.05, 0.1) is 0 Å². The summed E-state index contributed by atoms with van der Waals surface area (Å²) in [6.07, 6.45) is -0.777. The maximum Gasteiger partial charge on any atom is 0.124 e. The third kappa shape index (κ3) is 1.92. The third-order valence-corrected chi connectivity index (χ3v) is 2.68. The van der Waals surface area contributed by atoms with Gasteiger partial charge in [0, 0.05) is 5.56 Å². The Morgan fingerprint density at radius 1 is 0.938 bits per heavy atom. The Labute approximate surface area is 94.8 Å². The van der Waals surface area contributed by atoms with Crippen LogP contribution in [0.5, 0.6) is 5.75 Å². The molecule has 2 rings (SSSR count). The van der Waals surface area contributed by atoms with Gasteiger partial charge in [0.2, 0.25) is 0 Å². The van der Waals surface area contributed by atoms with Crippen LogP contribution in [-0.4, -0.2) is 10.2 Å². The van der Waals surface area contributed by atoms with Crippen molar-refractivity contribution in [3.8, 4) is 5.75 Å². The van der Waals surface area contributed by atoms with Gasteiger partial charge in [-0.05, 0) is 18.1 Å². The molecule has 82 valence electrons. The summed E-state index contributed by atoms with van der Waals surface area (Å²) in [6.45, 7) is 1.82. The SMILES string of the molecule is Cc1cccc(C(O)c2ccccc2)c1O. The molecule has 0 saturated carbocycles. The minimum atomic E-state index is -0.777. The van der Waals surface area contributed by atoms with E-state index in [4.69, 9.17) is 0 Å². The monoisotopic (exact) mass is 214 g/mol. The van der Waals surface area contributed by atoms with Gasteiger partial charge in [-0.25, -0.2) is 0 Å². The minimum absolute atomic E-state index is 0.166. The first kappa shape index (κ1) is 10.7. The molecular formula is C14H14O2. The van der Waals surface area contributed by atoms with Gasteiger partial charge >= 0.3 is 0 Å². The largest absolute Gasteiger partial charge is 0.507 e. The molecule has 16 heavy (non-hydrogen) atoms. The van der Waals surface area contributed by atoms with Gasteiger partial charge in [-0.2, -0.15) is 0 Å². The van der Waals surface area contributed by atoms with E-state index in [1.54, 1.807) is 6.07 Å². The van der Waals surface area contributed by atoms with Crippen LogP contribution >= 0.6 is 0 Å². The Morgan fingerprint density at radius 2 is 1.62 bits per heavy atom. The minimum Gasteiger partial charge on any atom is -0.507 e. The number of phenolic OH excluding ortho intramolecular Hbond substituents is 1. The standard InChI is InChI=1S/C14H14O2/c1-10-6-5-9-12(13(10)15)14(16)11-7-3-2-4-8-11/h2-9,14-16H,1H3. The number of aromatic hydroxyl groups is 1. The molecule has 0 aliphatic heterocycles. The van der Waals surface area contributed by atoms with E-state index in [1.165, 1.54) is 0 Å². The second-order valence-electron chi connectivity index (χ2n) is 3.83. The van der Waals surface area contributed by atoms with Crippen LogP contribution in [-0.2, 0) is 0 Å². The van der Waals surface area contributed by atoms with Gasteiger partial charge in [0.1, 0.15) is 11.9 Å². The van der Waals surface area contributed by atoms with E-state index >= 15 is 0 Å². The lowest BCUT2D eigenvalue weighted by Crippen LogP contribution is -2.00. The Balaban J connectivity index is 2.42. The second kappa shape index (κ2) is 4.37. The van der Waals surface area contributed by atoms with Gasteiger partial charge in [-0.15, -0.1) is 0 Å². The number of benzene rings is 2. The second-order valence-corrected chi connectivity index (χ2v) is 3.83. The van der Waals surface area contributed by atoms with Gasteiger partial charge < -0.3 is 10.2 Å². The first-order valence-corrected chi connectivity index (χ1v) is 5.21. The Kier molecular flexibility index (Phi) is 2.93. The molecule has 0 fully saturated rings. The highest BCUT2D eigenvalue weighted by Gasteiger charge is 2.14. The van der Waals surface area contributed by atoms with E-state index in [1.807, 2.05) is 49.4 Å². The zero-order valence-corrected chi connectivity index (χ0v) is 9.09. The number of para-hydroxylation sites is 1. The van der Waals surface area contributed by atoms with E-state index in [-0.39, 0.29) is 5.75 Å². The molecule has 2 nitrogen and oxygen atoms in total. The third-order valence-electron chi connectivity index (χ3n) is 2.68. The van der Waals surface area contributed by atoms with Crippen LogP contribution in [0, 0.1) is 6.92 Å². The van der Waals surface area contributed by atoms with Crippen molar-refractivity contribution in [1.29, 1.82) is 0 Å². The first-order valence-electron chi connectivity index (χ1n) is 5.21. The molecule has 0 aromatic heterocycles. The van der Waals surface area contributed by atoms with Crippen LogP contribution in [0.3, 0.4) is 0 Å². The van der Waals surface area contributed by atoms with Crippen molar-refractivity contribution in [3.63, 3.8) is 0 Å². The van der Waals surface area contributed by atoms with Gasteiger partial charge in [0.15, 0.2) is 0 Å². The predicted octanol–water partition coefficient (Wildman–Crippen LogP) is 2.78. The van der Waals surface area contributed by atoms with Crippen molar-refractivity contribution >= 4 is 0 Å². The maximum atomic E-state index is 10.1. The molecular weight excluding hydrogens is 200 g/mol. The fraction of sp³-hybridized carbons (Fsp3) is 0.143. The Morgan fingerprint density at radius 3 is 2.31 bits per heavy atom. The van der Waals surface area contributed by atoms with Crippen LogP contribution in [0.15, 0.2) is 48.5 Å². The summed E-state index contributed by atoms with van der Waals surface area (Å²) >= 11 is 0. The normalized spacial score (nSPS) is 12.4. The van der Waals surface area contributed by atoms with Crippen LogP contribution in [0.4, 0.5) is 0 Å². The number of phenols is 1. The predicted molar refractivity (Wildman–Crippen MR) is 63.3 cm³/mol. The molecule has 2 N–H and O–H groups in total. The molecule has 0 aliphatic rings. The topological polar surface area (TPSA) is 40.5 Å². The fourth-order valence-electron chi connectivity index (χ4n) is 1.72. The number of rotatable bonds is 2. The molecule has 1 unspecified atom stereocenters. The lowest BCUT2D eigenvalue weighted by atomic mass is 9.99. The molecule has 0 radical (unpaired) electrons. The van der Waals surface area contributed by atoms with E-state index in [0.29, 0.717) is 5.56 Å². The van der Waals surface area contributed by atoms with Gasteiger partial charge in [0.25, 0.3) is 0 Å². The van der Waals surface area contributed by atoms with Crippen molar-refractivity contribution < 1.29 is 10.2 Å². The zero-order chi connectivity index (χ0) is 11.5. The van der Waals surface area contributed by atoms with Crippen molar-refractivity contribution in [2.45, 2.75) is 13.0 Å². The molecule has 2 aromatic carbocycles. The lowest BCUT2D eigenvalue weighted by Gasteiger charge is -2.14. The molecule has 0 saturated heterocycles. The van der Waals surface area contributed by atoms with E-state index in [2.05, 4.69) is 0 Å². The van der Waals surface area contributed by atoms with Crippen LogP contribution < -0.4 is 0 Å². The smallest absolute Gasteiger partial charge is 0.124 e. The number of aliphatic hydroxyl groups excluding tert-OH is 1. The highest BCUT2D eigenvalue weighted by molar-refractivity contribution is 5.44. The summed E-state index contributed by atoms with van der Waals surface area (Å²) in [4.78, 5) is 0. The summed E-state index contributed by atoms with van der Waals surface area (Å²) in [5.74, 6) is 0.166. The summed E-state index contributed by atoms with van der Waals surface area (Å²) in [7, 11) is 0. The average Bonchev–Trinajstić information content (AvgIpc) is 2.33. The number of hydrogen-bond donors (Lipinski definition) is 2. The number of hydrogen-bond acceptors (Lipinski definition) is 2. The zero-order valence-electron chi connectivity index (χ0n) is 9.09. The van der Waals surface area contributed by atoms with E-state index in [0.717, 1.165) is 11.1 Å². The number of aliphatic hydroxyl groups is 1. The molecule has 1 atom stereocenters. The van der Waals surface area contributed by atoms with Crippen LogP contribution in [0.25, 0.3) is 0 Å². The summed E-state index contributed by atoms with van der Waals surface area (Å²) < 4.78 is 0. The molecule has 0 spiro atoms. The molecule has 0 bridgehead atoms. The summed E-state index contributed by atoms with van der Waals surface area (Å²) in [5.41, 5.74) is 2.10. The Hall–Kier alpha value is -1.80. The summed E-state index contributed by atoms with van der Waals surface area (Å²) in [6, 6.07) is 14.7. The molecule has 0 heterocycles. The first-order chi connectivity index (χ1) is 7.70. The van der Waals surface area contributed by atoms with Gasteiger partial charge in [-0.3, -0.25) is 0 Å². The van der Waals surface area contributed by atoms with Crippen molar-refractivity contribution in [2.75, 3.05) is 0 Å². The van der Waals surface area contributed by atoms with Crippen LogP contribution in [0.1, 0.15) is 22.8 Å². The van der Waals surface area contributed by atoms with E-state index < -0.39 is 6.10 Å². The Bertz CT molecular complexity index is 477. The highest BCUT2D eigenvalue weighted by atomic mass is 16.3. The lowest BCUT2D eigenvalue weighted by molar-refractivity contribution is 0.215.